The minimum atomic E-state index is 0.113. The lowest BCUT2D eigenvalue weighted by Gasteiger charge is -2.26. The summed E-state index contributed by atoms with van der Waals surface area (Å²) in [7, 11) is 2.06. The predicted molar refractivity (Wildman–Crippen MR) is 81.4 cm³/mol. The van der Waals surface area contributed by atoms with Crippen LogP contribution in [0.15, 0.2) is 24.3 Å². The number of halogens is 1. The fourth-order valence-electron chi connectivity index (χ4n) is 2.60. The molecule has 0 saturated carbocycles. The van der Waals surface area contributed by atoms with Crippen molar-refractivity contribution in [2.24, 2.45) is 5.92 Å². The lowest BCUT2D eigenvalue weighted by atomic mass is 10.0. The van der Waals surface area contributed by atoms with Crippen molar-refractivity contribution in [3.8, 4) is 0 Å². The van der Waals surface area contributed by atoms with Gasteiger partial charge in [-0.05, 0) is 37.9 Å². The Morgan fingerprint density at radius 3 is 2.95 bits per heavy atom. The molecule has 1 saturated heterocycles. The highest BCUT2D eigenvalue weighted by atomic mass is 35.5. The second-order valence-corrected chi connectivity index (χ2v) is 5.91. The zero-order valence-corrected chi connectivity index (χ0v) is 12.7. The van der Waals surface area contributed by atoms with E-state index in [4.69, 9.17) is 16.3 Å². The van der Waals surface area contributed by atoms with Gasteiger partial charge in [-0.15, -0.1) is 0 Å². The van der Waals surface area contributed by atoms with E-state index in [1.807, 2.05) is 12.1 Å². The summed E-state index contributed by atoms with van der Waals surface area (Å²) in [4.78, 5) is 14.3. The molecular weight excluding hydrogens is 274 g/mol. The first-order chi connectivity index (χ1) is 9.66. The maximum atomic E-state index is 12.1. The van der Waals surface area contributed by atoms with E-state index in [0.29, 0.717) is 22.9 Å². The van der Waals surface area contributed by atoms with Gasteiger partial charge in [-0.25, -0.2) is 0 Å². The van der Waals surface area contributed by atoms with Crippen LogP contribution in [0.1, 0.15) is 29.6 Å². The van der Waals surface area contributed by atoms with Gasteiger partial charge in [0.05, 0.1) is 11.6 Å². The van der Waals surface area contributed by atoms with E-state index in [1.165, 1.54) is 6.42 Å². The summed E-state index contributed by atoms with van der Waals surface area (Å²) in [6.45, 7) is 3.50. The van der Waals surface area contributed by atoms with Gasteiger partial charge in [-0.2, -0.15) is 0 Å². The summed E-state index contributed by atoms with van der Waals surface area (Å²) < 4.78 is 5.48. The van der Waals surface area contributed by atoms with Crippen molar-refractivity contribution < 1.29 is 9.53 Å². The van der Waals surface area contributed by atoms with Crippen molar-refractivity contribution in [1.29, 1.82) is 0 Å². The fourth-order valence-corrected chi connectivity index (χ4v) is 2.84. The summed E-state index contributed by atoms with van der Waals surface area (Å²) >= 11 is 6.04. The standard InChI is InChI=1S/C16H22ClNO2/c1-18(11-13-5-4-10-20-12-13)9-8-16(19)14-6-2-3-7-15(14)17/h2-3,6-7,13H,4-5,8-12H2,1H3. The molecule has 110 valence electrons. The quantitative estimate of drug-likeness (QED) is 0.754. The Labute approximate surface area is 125 Å². The third-order valence-corrected chi connectivity index (χ3v) is 4.05. The van der Waals surface area contributed by atoms with Crippen LogP contribution in [0.2, 0.25) is 5.02 Å². The maximum Gasteiger partial charge on any atom is 0.165 e. The number of Topliss-reactive ketones (excluding diaryl/α,β-unsaturated/α-hetero) is 1. The SMILES string of the molecule is CN(CCC(=O)c1ccccc1Cl)CC1CCCOC1. The second kappa shape index (κ2) is 7.77. The molecule has 0 aromatic heterocycles. The fraction of sp³-hybridized carbons (Fsp3) is 0.562. The van der Waals surface area contributed by atoms with Gasteiger partial charge < -0.3 is 9.64 Å². The second-order valence-electron chi connectivity index (χ2n) is 5.50. The van der Waals surface area contributed by atoms with Gasteiger partial charge in [0, 0.05) is 31.7 Å². The first kappa shape index (κ1) is 15.5. The molecule has 1 fully saturated rings. The lowest BCUT2D eigenvalue weighted by molar-refractivity contribution is 0.0418. The van der Waals surface area contributed by atoms with Crippen LogP contribution < -0.4 is 0 Å². The van der Waals surface area contributed by atoms with E-state index >= 15 is 0 Å². The molecule has 1 heterocycles. The molecule has 1 aliphatic rings. The largest absolute Gasteiger partial charge is 0.381 e. The number of carbonyl (C=O) groups is 1. The van der Waals surface area contributed by atoms with Crippen molar-refractivity contribution in [2.75, 3.05) is 33.4 Å². The summed E-state index contributed by atoms with van der Waals surface area (Å²) in [6.07, 6.45) is 2.88. The molecule has 0 radical (unpaired) electrons. The third kappa shape index (κ3) is 4.58. The Balaban J connectivity index is 1.76. The van der Waals surface area contributed by atoms with Gasteiger partial charge in [0.2, 0.25) is 0 Å². The average molecular weight is 296 g/mol. The molecule has 0 spiro atoms. The Morgan fingerprint density at radius 2 is 2.25 bits per heavy atom. The van der Waals surface area contributed by atoms with Crippen LogP contribution >= 0.6 is 11.6 Å². The number of hydrogen-bond donors (Lipinski definition) is 0. The van der Waals surface area contributed by atoms with Crippen molar-refractivity contribution >= 4 is 17.4 Å². The first-order valence-corrected chi connectivity index (χ1v) is 7.58. The molecule has 3 nitrogen and oxygen atoms in total. The average Bonchev–Trinajstić information content (AvgIpc) is 2.46. The summed E-state index contributed by atoms with van der Waals surface area (Å²) in [5.41, 5.74) is 0.628. The molecule has 1 aliphatic heterocycles. The summed E-state index contributed by atoms with van der Waals surface area (Å²) in [6, 6.07) is 7.24. The van der Waals surface area contributed by atoms with Gasteiger partial charge in [-0.3, -0.25) is 4.79 Å². The molecule has 0 N–H and O–H groups in total. The van der Waals surface area contributed by atoms with Gasteiger partial charge in [0.25, 0.3) is 0 Å². The summed E-state index contributed by atoms with van der Waals surface area (Å²) in [5, 5.41) is 0.542. The van der Waals surface area contributed by atoms with E-state index in [-0.39, 0.29) is 5.78 Å². The molecular formula is C16H22ClNO2. The molecule has 1 aromatic carbocycles. The van der Waals surface area contributed by atoms with Crippen LogP contribution in [0.5, 0.6) is 0 Å². The Kier molecular flexibility index (Phi) is 6.02. The molecule has 0 amide bonds. The van der Waals surface area contributed by atoms with E-state index in [9.17, 15) is 4.79 Å². The van der Waals surface area contributed by atoms with Gasteiger partial charge in [0.15, 0.2) is 5.78 Å². The van der Waals surface area contributed by atoms with E-state index < -0.39 is 0 Å². The number of hydrogen-bond acceptors (Lipinski definition) is 3. The molecule has 1 atom stereocenters. The van der Waals surface area contributed by atoms with Crippen LogP contribution in [-0.2, 0) is 4.74 Å². The lowest BCUT2D eigenvalue weighted by Crippen LogP contribution is -2.32. The Hall–Kier alpha value is -0.900. The number of nitrogens with zero attached hydrogens (tertiary/aromatic N) is 1. The molecule has 0 aliphatic carbocycles. The first-order valence-electron chi connectivity index (χ1n) is 7.21. The van der Waals surface area contributed by atoms with Gasteiger partial charge in [0.1, 0.15) is 0 Å². The predicted octanol–water partition coefficient (Wildman–Crippen LogP) is 3.27. The van der Waals surface area contributed by atoms with E-state index in [0.717, 1.165) is 32.7 Å². The molecule has 1 aromatic rings. The molecule has 4 heteroatoms. The zero-order valence-electron chi connectivity index (χ0n) is 12.0. The van der Waals surface area contributed by atoms with Crippen LogP contribution in [0.25, 0.3) is 0 Å². The normalized spacial score (nSPS) is 19.2. The van der Waals surface area contributed by atoms with Gasteiger partial charge in [-0.1, -0.05) is 23.7 Å². The smallest absolute Gasteiger partial charge is 0.165 e. The monoisotopic (exact) mass is 295 g/mol. The topological polar surface area (TPSA) is 29.5 Å². The van der Waals surface area contributed by atoms with Crippen LogP contribution in [0.3, 0.4) is 0 Å². The van der Waals surface area contributed by atoms with Crippen LogP contribution in [0, 0.1) is 5.92 Å². The zero-order chi connectivity index (χ0) is 14.4. The number of ketones is 1. The number of carbonyl (C=O) groups excluding carboxylic acids is 1. The highest BCUT2D eigenvalue weighted by Gasteiger charge is 2.17. The number of ether oxygens (including phenoxy) is 1. The minimum Gasteiger partial charge on any atom is -0.381 e. The van der Waals surface area contributed by atoms with Crippen molar-refractivity contribution in [3.05, 3.63) is 34.9 Å². The third-order valence-electron chi connectivity index (χ3n) is 3.72. The van der Waals surface area contributed by atoms with E-state index in [2.05, 4.69) is 11.9 Å². The highest BCUT2D eigenvalue weighted by molar-refractivity contribution is 6.33. The minimum absolute atomic E-state index is 0.113. The molecule has 1 unspecified atom stereocenters. The van der Waals surface area contributed by atoms with Gasteiger partial charge >= 0.3 is 0 Å². The number of rotatable bonds is 6. The Bertz CT molecular complexity index is 444. The molecule has 0 bridgehead atoms. The summed E-state index contributed by atoms with van der Waals surface area (Å²) in [5.74, 6) is 0.714. The number of benzene rings is 1. The highest BCUT2D eigenvalue weighted by Crippen LogP contribution is 2.18. The molecule has 20 heavy (non-hydrogen) atoms. The van der Waals surface area contributed by atoms with Crippen LogP contribution in [-0.4, -0.2) is 44.0 Å². The van der Waals surface area contributed by atoms with Crippen molar-refractivity contribution in [3.63, 3.8) is 0 Å². The maximum absolute atomic E-state index is 12.1. The molecule has 2 rings (SSSR count). The Morgan fingerprint density at radius 1 is 1.45 bits per heavy atom. The van der Waals surface area contributed by atoms with Crippen molar-refractivity contribution in [2.45, 2.75) is 19.3 Å². The van der Waals surface area contributed by atoms with E-state index in [1.54, 1.807) is 12.1 Å². The van der Waals surface area contributed by atoms with Crippen LogP contribution in [0.4, 0.5) is 0 Å². The van der Waals surface area contributed by atoms with Crippen molar-refractivity contribution in [1.82, 2.24) is 4.90 Å².